The van der Waals surface area contributed by atoms with E-state index in [0.29, 0.717) is 29.8 Å². The van der Waals surface area contributed by atoms with Crippen LogP contribution in [0.1, 0.15) is 115 Å². The second-order valence-electron chi connectivity index (χ2n) is 16.5. The predicted molar refractivity (Wildman–Crippen MR) is 167 cm³/mol. The maximum Gasteiger partial charge on any atom is 0.0687 e. The zero-order chi connectivity index (χ0) is 28.3. The summed E-state index contributed by atoms with van der Waals surface area (Å²) in [4.78, 5) is 0. The monoisotopic (exact) mass is 562 g/mol. The van der Waals surface area contributed by atoms with Crippen molar-refractivity contribution in [2.75, 3.05) is 13.6 Å². The number of benzene rings is 1. The average Bonchev–Trinajstić information content (AvgIpc) is 3.33. The molecule has 11 atom stereocenters. The summed E-state index contributed by atoms with van der Waals surface area (Å²) in [6.45, 7) is 3.45. The molecule has 1 heterocycles. The molecule has 1 aliphatic heterocycles. The van der Waals surface area contributed by atoms with Crippen LogP contribution in [0.5, 0.6) is 0 Å². The third-order valence-electron chi connectivity index (χ3n) is 14.1. The first-order valence-electron chi connectivity index (χ1n) is 17.7. The van der Waals surface area contributed by atoms with Crippen LogP contribution in [0.4, 0.5) is 0 Å². The van der Waals surface area contributed by atoms with Gasteiger partial charge in [0.05, 0.1) is 11.7 Å². The van der Waals surface area contributed by atoms with Crippen molar-refractivity contribution >= 4 is 0 Å². The fourth-order valence-electron chi connectivity index (χ4n) is 12.7. The Kier molecular flexibility index (Phi) is 7.66. The SMILES string of the molecule is CNC[C@H]1CC[C@H]2C[C@@]34[C@@H](O)C[C@]5(C)CCC[C@@](O)(C5)[C@@H]3C[C@@]43C[C@@H](CCCCCCc4ccccc4)C[C@H]3[C@@H]2N1. The van der Waals surface area contributed by atoms with Gasteiger partial charge in [-0.15, -0.1) is 0 Å². The summed E-state index contributed by atoms with van der Waals surface area (Å²) >= 11 is 0. The lowest BCUT2D eigenvalue weighted by Gasteiger charge is -2.75. The van der Waals surface area contributed by atoms with Crippen molar-refractivity contribution in [1.82, 2.24) is 10.6 Å². The van der Waals surface area contributed by atoms with Crippen molar-refractivity contribution < 1.29 is 10.2 Å². The van der Waals surface area contributed by atoms with Gasteiger partial charge in [-0.3, -0.25) is 0 Å². The number of hydrogen-bond donors (Lipinski definition) is 4. The zero-order valence-electron chi connectivity index (χ0n) is 26.1. The van der Waals surface area contributed by atoms with Crippen LogP contribution in [0.15, 0.2) is 30.3 Å². The van der Waals surface area contributed by atoms with Crippen LogP contribution in [0, 0.1) is 39.9 Å². The minimum absolute atomic E-state index is 0.0579. The molecule has 0 unspecified atom stereocenters. The van der Waals surface area contributed by atoms with Crippen molar-refractivity contribution in [3.8, 4) is 0 Å². The molecule has 4 N–H and O–H groups in total. The van der Waals surface area contributed by atoms with E-state index in [0.717, 1.165) is 44.6 Å². The summed E-state index contributed by atoms with van der Waals surface area (Å²) in [5.74, 6) is 2.42. The summed E-state index contributed by atoms with van der Waals surface area (Å²) in [5, 5.41) is 32.4. The van der Waals surface area contributed by atoms with E-state index in [1.54, 1.807) is 0 Å². The van der Waals surface area contributed by atoms with Crippen LogP contribution in [0.25, 0.3) is 0 Å². The largest absolute Gasteiger partial charge is 0.392 e. The van der Waals surface area contributed by atoms with Gasteiger partial charge in [-0.2, -0.15) is 0 Å². The molecule has 0 aromatic heterocycles. The predicted octanol–water partition coefficient (Wildman–Crippen LogP) is 6.63. The third kappa shape index (κ3) is 4.68. The molecule has 41 heavy (non-hydrogen) atoms. The van der Waals surface area contributed by atoms with Gasteiger partial charge >= 0.3 is 0 Å². The number of rotatable bonds is 9. The van der Waals surface area contributed by atoms with Crippen LogP contribution >= 0.6 is 0 Å². The van der Waals surface area contributed by atoms with E-state index in [-0.39, 0.29) is 22.3 Å². The average molecular weight is 563 g/mol. The lowest BCUT2D eigenvalue weighted by atomic mass is 9.31. The Morgan fingerprint density at radius 2 is 1.80 bits per heavy atom. The highest BCUT2D eigenvalue weighted by Gasteiger charge is 2.80. The number of piperidine rings is 1. The first-order chi connectivity index (χ1) is 19.8. The molecule has 5 aliphatic carbocycles. The molecule has 1 aromatic rings. The number of likely N-dealkylation sites (N-methyl/N-ethyl adjacent to an activating group) is 1. The van der Waals surface area contributed by atoms with E-state index in [1.165, 1.54) is 82.6 Å². The lowest BCUT2D eigenvalue weighted by Crippen LogP contribution is -2.76. The molecule has 2 bridgehead atoms. The van der Waals surface area contributed by atoms with Crippen LogP contribution < -0.4 is 10.6 Å². The molecule has 4 heteroatoms. The number of hydrogen-bond acceptors (Lipinski definition) is 4. The number of nitrogens with one attached hydrogen (secondary N) is 2. The Labute approximate surface area is 249 Å². The van der Waals surface area contributed by atoms with Gasteiger partial charge in [-0.05, 0) is 124 Å². The highest BCUT2D eigenvalue weighted by Crippen LogP contribution is 2.82. The van der Waals surface area contributed by atoms with E-state index in [9.17, 15) is 10.2 Å². The second kappa shape index (κ2) is 10.9. The minimum atomic E-state index is -0.555. The summed E-state index contributed by atoms with van der Waals surface area (Å²) in [6.07, 6.45) is 20.3. The third-order valence-corrected chi connectivity index (χ3v) is 14.1. The fraction of sp³-hybridized carbons (Fsp3) is 0.838. The van der Waals surface area contributed by atoms with Crippen molar-refractivity contribution in [2.24, 2.45) is 39.9 Å². The first-order valence-corrected chi connectivity index (χ1v) is 17.7. The minimum Gasteiger partial charge on any atom is -0.392 e. The molecule has 1 saturated heterocycles. The molecule has 5 saturated carbocycles. The number of aliphatic hydroxyl groups is 2. The van der Waals surface area contributed by atoms with E-state index in [1.807, 2.05) is 0 Å². The van der Waals surface area contributed by atoms with Gasteiger partial charge in [0.25, 0.3) is 0 Å². The Morgan fingerprint density at radius 3 is 2.63 bits per heavy atom. The van der Waals surface area contributed by atoms with Gasteiger partial charge in [0.15, 0.2) is 0 Å². The van der Waals surface area contributed by atoms with Crippen molar-refractivity contribution in [3.05, 3.63) is 35.9 Å². The number of aliphatic hydroxyl groups excluding tert-OH is 1. The highest BCUT2D eigenvalue weighted by molar-refractivity contribution is 5.29. The van der Waals surface area contributed by atoms with Crippen molar-refractivity contribution in [1.29, 1.82) is 0 Å². The molecule has 0 amide bonds. The van der Waals surface area contributed by atoms with Gasteiger partial charge in [-0.1, -0.05) is 69.4 Å². The van der Waals surface area contributed by atoms with E-state index < -0.39 is 5.60 Å². The van der Waals surface area contributed by atoms with E-state index in [2.05, 4.69) is 54.9 Å². The standard InChI is InChI=1S/C37H58N2O2/c1-34-17-10-18-36(41,25-34)31-22-35-20-27(14-7-4-3-6-11-26-12-8-5-9-13-26)19-30(35)33-28(15-16-29(39-33)24-38-2)21-37(31,35)32(40)23-34/h5,8-9,12-13,27-33,38-41H,3-4,6-7,10-11,14-25H2,1-2H3/t27-,28-,29+,30-,31-,32-,33+,34-,35+,36+,37-/m0/s1. The molecular formula is C37H58N2O2. The fourth-order valence-corrected chi connectivity index (χ4v) is 12.7. The Hall–Kier alpha value is -0.940. The highest BCUT2D eigenvalue weighted by atomic mass is 16.3. The van der Waals surface area contributed by atoms with Gasteiger partial charge in [0, 0.05) is 24.0 Å². The summed E-state index contributed by atoms with van der Waals surface area (Å²) in [6, 6.07) is 12.1. The topological polar surface area (TPSA) is 64.5 Å². The molecule has 2 spiro atoms. The molecule has 228 valence electrons. The molecular weight excluding hydrogens is 504 g/mol. The number of unbranched alkanes of at least 4 members (excludes halogenated alkanes) is 3. The number of fused-ring (bicyclic) bond motifs is 5. The van der Waals surface area contributed by atoms with Crippen LogP contribution in [-0.4, -0.2) is 47.6 Å². The lowest BCUT2D eigenvalue weighted by molar-refractivity contribution is -0.305. The zero-order valence-corrected chi connectivity index (χ0v) is 26.1. The Morgan fingerprint density at radius 1 is 0.976 bits per heavy atom. The van der Waals surface area contributed by atoms with Gasteiger partial charge < -0.3 is 20.8 Å². The van der Waals surface area contributed by atoms with Gasteiger partial charge in [-0.25, -0.2) is 0 Å². The van der Waals surface area contributed by atoms with E-state index >= 15 is 0 Å². The smallest absolute Gasteiger partial charge is 0.0687 e. The normalized spacial score (nSPS) is 48.2. The maximum absolute atomic E-state index is 12.4. The molecule has 4 nitrogen and oxygen atoms in total. The molecule has 0 radical (unpaired) electrons. The summed E-state index contributed by atoms with van der Waals surface area (Å²) in [5.41, 5.74) is 1.20. The Bertz CT molecular complexity index is 1060. The van der Waals surface area contributed by atoms with Crippen LogP contribution in [0.2, 0.25) is 0 Å². The molecule has 7 rings (SSSR count). The second-order valence-corrected chi connectivity index (χ2v) is 16.5. The van der Waals surface area contributed by atoms with Crippen molar-refractivity contribution in [2.45, 2.75) is 140 Å². The van der Waals surface area contributed by atoms with E-state index in [4.69, 9.17) is 0 Å². The van der Waals surface area contributed by atoms with Crippen LogP contribution in [0.3, 0.4) is 0 Å². The van der Waals surface area contributed by atoms with Crippen molar-refractivity contribution in [3.63, 3.8) is 0 Å². The molecule has 6 aliphatic rings. The van der Waals surface area contributed by atoms with Gasteiger partial charge in [0.2, 0.25) is 0 Å². The van der Waals surface area contributed by atoms with Crippen LogP contribution in [-0.2, 0) is 6.42 Å². The first kappa shape index (κ1) is 28.8. The quantitative estimate of drug-likeness (QED) is 0.255. The summed E-state index contributed by atoms with van der Waals surface area (Å²) < 4.78 is 0. The summed E-state index contributed by atoms with van der Waals surface area (Å²) in [7, 11) is 2.09. The molecule has 1 aromatic carbocycles. The maximum atomic E-state index is 12.4. The number of aryl methyl sites for hydroxylation is 1. The Balaban J connectivity index is 1.09. The van der Waals surface area contributed by atoms with Gasteiger partial charge in [0.1, 0.15) is 0 Å². The molecule has 6 fully saturated rings.